The third kappa shape index (κ3) is 2.88. The minimum absolute atomic E-state index is 0.0297. The average Bonchev–Trinajstić information content (AvgIpc) is 3.11. The van der Waals surface area contributed by atoms with E-state index in [0.717, 1.165) is 0 Å². The molecule has 1 aliphatic carbocycles. The van der Waals surface area contributed by atoms with Crippen molar-refractivity contribution in [3.05, 3.63) is 65.5 Å². The van der Waals surface area contributed by atoms with Crippen LogP contribution in [0.1, 0.15) is 30.9 Å². The Morgan fingerprint density at radius 2 is 1.87 bits per heavy atom. The number of Topliss-reactive ketones (excluding diaryl/α,β-unsaturated/α-hetero) is 1. The second-order valence-electron chi connectivity index (χ2n) is 6.79. The lowest BCUT2D eigenvalue weighted by molar-refractivity contribution is -0.120. The second kappa shape index (κ2) is 5.80. The Kier molecular flexibility index (Phi) is 3.97. The first-order chi connectivity index (χ1) is 10.9. The van der Waals surface area contributed by atoms with E-state index in [1.165, 1.54) is 24.8 Å². The molecule has 0 saturated heterocycles. The van der Waals surface area contributed by atoms with Crippen molar-refractivity contribution in [1.29, 1.82) is 0 Å². The van der Waals surface area contributed by atoms with Crippen molar-refractivity contribution in [2.75, 3.05) is 7.11 Å². The highest BCUT2D eigenvalue weighted by molar-refractivity contribution is 5.89. The highest BCUT2D eigenvalue weighted by Gasteiger charge is 2.61. The van der Waals surface area contributed by atoms with Gasteiger partial charge in [0.2, 0.25) is 0 Å². The number of hydrogen-bond donors (Lipinski definition) is 0. The van der Waals surface area contributed by atoms with Crippen LogP contribution in [0.3, 0.4) is 0 Å². The molecule has 3 heteroatoms. The summed E-state index contributed by atoms with van der Waals surface area (Å²) in [5.74, 6) is 0.569. The fourth-order valence-electron chi connectivity index (χ4n) is 3.70. The lowest BCUT2D eigenvalue weighted by Gasteiger charge is -2.08. The zero-order chi connectivity index (χ0) is 16.6. The van der Waals surface area contributed by atoms with Crippen molar-refractivity contribution in [1.82, 2.24) is 0 Å². The summed E-state index contributed by atoms with van der Waals surface area (Å²) in [5.41, 5.74) is 1.76. The summed E-state index contributed by atoms with van der Waals surface area (Å²) in [7, 11) is 1.54. The number of carbonyl (C=O) groups excluding carboxylic acids is 1. The Hall–Kier alpha value is -2.16. The van der Waals surface area contributed by atoms with Gasteiger partial charge in [-0.15, -0.1) is 0 Å². The van der Waals surface area contributed by atoms with Crippen LogP contribution in [0.25, 0.3) is 0 Å². The van der Waals surface area contributed by atoms with Gasteiger partial charge < -0.3 is 4.74 Å². The molecule has 1 fully saturated rings. The van der Waals surface area contributed by atoms with Crippen LogP contribution in [0, 0.1) is 17.2 Å². The monoisotopic (exact) mass is 312 g/mol. The molecular formula is C20H21FO2. The van der Waals surface area contributed by atoms with Crippen LogP contribution in [-0.2, 0) is 11.2 Å². The van der Waals surface area contributed by atoms with Gasteiger partial charge in [-0.25, -0.2) is 4.39 Å². The molecule has 0 heterocycles. The minimum atomic E-state index is -0.344. The smallest absolute Gasteiger partial charge is 0.141 e. The van der Waals surface area contributed by atoms with Gasteiger partial charge in [0, 0.05) is 17.9 Å². The molecule has 2 nitrogen and oxygen atoms in total. The van der Waals surface area contributed by atoms with Crippen LogP contribution in [0.15, 0.2) is 48.5 Å². The molecule has 120 valence electrons. The summed E-state index contributed by atoms with van der Waals surface area (Å²) in [6.07, 6.45) is 0.207. The third-order valence-electron chi connectivity index (χ3n) is 4.94. The first kappa shape index (κ1) is 15.7. The van der Waals surface area contributed by atoms with E-state index >= 15 is 0 Å². The molecule has 0 aliphatic heterocycles. The molecule has 23 heavy (non-hydrogen) atoms. The third-order valence-corrected chi connectivity index (χ3v) is 4.94. The van der Waals surface area contributed by atoms with Crippen LogP contribution < -0.4 is 4.74 Å². The zero-order valence-corrected chi connectivity index (χ0v) is 13.7. The first-order valence-electron chi connectivity index (χ1n) is 7.85. The first-order valence-corrected chi connectivity index (χ1v) is 7.85. The highest BCUT2D eigenvalue weighted by atomic mass is 19.1. The molecule has 1 saturated carbocycles. The maximum absolute atomic E-state index is 13.5. The molecule has 0 spiro atoms. The van der Waals surface area contributed by atoms with E-state index < -0.39 is 0 Å². The minimum Gasteiger partial charge on any atom is -0.496 e. The van der Waals surface area contributed by atoms with Crippen molar-refractivity contribution in [3.8, 4) is 5.75 Å². The van der Waals surface area contributed by atoms with Crippen molar-refractivity contribution in [2.24, 2.45) is 11.3 Å². The molecular weight excluding hydrogens is 291 g/mol. The van der Waals surface area contributed by atoms with Crippen LogP contribution >= 0.6 is 0 Å². The molecule has 2 aromatic rings. The van der Waals surface area contributed by atoms with Crippen molar-refractivity contribution >= 4 is 5.78 Å². The van der Waals surface area contributed by atoms with Gasteiger partial charge >= 0.3 is 0 Å². The molecule has 0 bridgehead atoms. The maximum Gasteiger partial charge on any atom is 0.141 e. The number of halogens is 1. The van der Waals surface area contributed by atoms with Crippen molar-refractivity contribution in [2.45, 2.75) is 26.2 Å². The lowest BCUT2D eigenvalue weighted by atomic mass is 10.0. The van der Waals surface area contributed by atoms with E-state index in [0.29, 0.717) is 11.3 Å². The predicted molar refractivity (Wildman–Crippen MR) is 88.1 cm³/mol. The van der Waals surface area contributed by atoms with Crippen LogP contribution in [0.4, 0.5) is 4.39 Å². The summed E-state index contributed by atoms with van der Waals surface area (Å²) in [5, 5.41) is 0. The maximum atomic E-state index is 13.5. The van der Waals surface area contributed by atoms with E-state index in [2.05, 4.69) is 26.0 Å². The lowest BCUT2D eigenvalue weighted by Crippen LogP contribution is -2.10. The van der Waals surface area contributed by atoms with Crippen molar-refractivity contribution < 1.29 is 13.9 Å². The van der Waals surface area contributed by atoms with Crippen LogP contribution in [-0.4, -0.2) is 12.9 Å². The molecule has 0 N–H and O–H groups in total. The zero-order valence-electron chi connectivity index (χ0n) is 13.7. The number of carbonyl (C=O) groups is 1. The Morgan fingerprint density at radius 3 is 2.52 bits per heavy atom. The summed E-state index contributed by atoms with van der Waals surface area (Å²) >= 11 is 0. The molecule has 2 atom stereocenters. The number of benzene rings is 2. The van der Waals surface area contributed by atoms with Gasteiger partial charge in [-0.3, -0.25) is 4.79 Å². The van der Waals surface area contributed by atoms with Gasteiger partial charge in [-0.05, 0) is 35.1 Å². The normalized spacial score (nSPS) is 21.7. The molecule has 3 rings (SSSR count). The number of ketones is 1. The van der Waals surface area contributed by atoms with Crippen LogP contribution in [0.2, 0.25) is 0 Å². The highest BCUT2D eigenvalue weighted by Crippen LogP contribution is 2.64. The van der Waals surface area contributed by atoms with Gasteiger partial charge in [0.25, 0.3) is 0 Å². The summed E-state index contributed by atoms with van der Waals surface area (Å²) in [6.45, 7) is 4.24. The summed E-state index contributed by atoms with van der Waals surface area (Å²) < 4.78 is 18.7. The quantitative estimate of drug-likeness (QED) is 0.818. The van der Waals surface area contributed by atoms with E-state index in [1.54, 1.807) is 6.07 Å². The van der Waals surface area contributed by atoms with Gasteiger partial charge in [0.15, 0.2) is 0 Å². The molecule has 0 aromatic heterocycles. The Morgan fingerprint density at radius 1 is 1.17 bits per heavy atom. The second-order valence-corrected chi connectivity index (χ2v) is 6.79. The molecule has 0 amide bonds. The van der Waals surface area contributed by atoms with Crippen molar-refractivity contribution in [3.63, 3.8) is 0 Å². The predicted octanol–water partition coefficient (Wildman–Crippen LogP) is 4.39. The summed E-state index contributed by atoms with van der Waals surface area (Å²) in [4.78, 5) is 12.8. The van der Waals surface area contributed by atoms with E-state index in [-0.39, 0.29) is 35.3 Å². The number of rotatable bonds is 5. The van der Waals surface area contributed by atoms with Gasteiger partial charge in [-0.1, -0.05) is 44.2 Å². The number of methoxy groups -OCH3 is 1. The average molecular weight is 312 g/mol. The largest absolute Gasteiger partial charge is 0.496 e. The fourth-order valence-corrected chi connectivity index (χ4v) is 3.70. The van der Waals surface area contributed by atoms with E-state index in [4.69, 9.17) is 4.74 Å². The van der Waals surface area contributed by atoms with Gasteiger partial charge in [-0.2, -0.15) is 0 Å². The number of ether oxygens (including phenoxy) is 1. The Labute approximate surface area is 136 Å². The SMILES string of the molecule is COc1ccc(F)cc1CC(=O)[C@@H]1[C@@H](c2ccccc2)C1(C)C. The molecule has 0 radical (unpaired) electrons. The van der Waals surface area contributed by atoms with Gasteiger partial charge in [0.05, 0.1) is 7.11 Å². The van der Waals surface area contributed by atoms with E-state index in [1.807, 2.05) is 18.2 Å². The fraction of sp³-hybridized carbons (Fsp3) is 0.350. The summed E-state index contributed by atoms with van der Waals surface area (Å²) in [6, 6.07) is 14.4. The van der Waals surface area contributed by atoms with E-state index in [9.17, 15) is 9.18 Å². The Bertz CT molecular complexity index is 722. The number of hydrogen-bond acceptors (Lipinski definition) is 2. The standard InChI is InChI=1S/C20H21FO2/c1-20(2)18(13-7-5-4-6-8-13)19(20)16(22)12-14-11-15(21)9-10-17(14)23-3/h4-11,18-19H,12H2,1-3H3/t18-,19-/m1/s1. The molecule has 0 unspecified atom stereocenters. The molecule has 2 aromatic carbocycles. The van der Waals surface area contributed by atoms with Gasteiger partial charge in [0.1, 0.15) is 17.3 Å². The molecule has 1 aliphatic rings. The van der Waals surface area contributed by atoms with Crippen LogP contribution in [0.5, 0.6) is 5.75 Å². The topological polar surface area (TPSA) is 26.3 Å². The Balaban J connectivity index is 1.81.